The SMILES string of the molecule is COc1ccc(NC2=C(c3ccc(OC)cc3)C(=O)N(c3ccccc3)C2=O)cc1. The number of ether oxygens (including phenoxy) is 2. The molecule has 3 aromatic rings. The van der Waals surface area contributed by atoms with E-state index >= 15 is 0 Å². The Morgan fingerprint density at radius 1 is 0.700 bits per heavy atom. The number of hydrogen-bond donors (Lipinski definition) is 1. The molecule has 0 aromatic heterocycles. The highest BCUT2D eigenvalue weighted by molar-refractivity contribution is 6.46. The molecule has 30 heavy (non-hydrogen) atoms. The van der Waals surface area contributed by atoms with E-state index in [1.807, 2.05) is 6.07 Å². The second-order valence-corrected chi connectivity index (χ2v) is 6.61. The lowest BCUT2D eigenvalue weighted by molar-refractivity contribution is -0.120. The minimum atomic E-state index is -0.409. The van der Waals surface area contributed by atoms with E-state index in [9.17, 15) is 9.59 Å². The van der Waals surface area contributed by atoms with Crippen LogP contribution in [0.5, 0.6) is 11.5 Å². The van der Waals surface area contributed by atoms with E-state index in [1.165, 1.54) is 4.90 Å². The molecule has 150 valence electrons. The summed E-state index contributed by atoms with van der Waals surface area (Å²) < 4.78 is 10.4. The molecule has 3 aromatic carbocycles. The van der Waals surface area contributed by atoms with Gasteiger partial charge in [0.2, 0.25) is 0 Å². The van der Waals surface area contributed by atoms with Gasteiger partial charge in [-0.05, 0) is 54.1 Å². The van der Waals surface area contributed by atoms with E-state index in [4.69, 9.17) is 9.47 Å². The Morgan fingerprint density at radius 3 is 1.83 bits per heavy atom. The van der Waals surface area contributed by atoms with Gasteiger partial charge in [-0.1, -0.05) is 30.3 Å². The Morgan fingerprint density at radius 2 is 1.27 bits per heavy atom. The highest BCUT2D eigenvalue weighted by atomic mass is 16.5. The smallest absolute Gasteiger partial charge is 0.282 e. The summed E-state index contributed by atoms with van der Waals surface area (Å²) in [6.45, 7) is 0. The molecule has 1 aliphatic rings. The first kappa shape index (κ1) is 19.3. The normalized spacial score (nSPS) is 13.6. The summed E-state index contributed by atoms with van der Waals surface area (Å²) >= 11 is 0. The molecule has 0 aliphatic carbocycles. The van der Waals surface area contributed by atoms with E-state index in [-0.39, 0.29) is 11.6 Å². The van der Waals surface area contributed by atoms with Crippen LogP contribution in [0, 0.1) is 0 Å². The average Bonchev–Trinajstić information content (AvgIpc) is 3.04. The summed E-state index contributed by atoms with van der Waals surface area (Å²) in [5.74, 6) is 0.575. The molecule has 0 unspecified atom stereocenters. The Kier molecular flexibility index (Phi) is 5.22. The van der Waals surface area contributed by atoms with Crippen LogP contribution in [-0.2, 0) is 9.59 Å². The second kappa shape index (κ2) is 8.13. The number of imide groups is 1. The van der Waals surface area contributed by atoms with Gasteiger partial charge in [0.15, 0.2) is 0 Å². The third-order valence-electron chi connectivity index (χ3n) is 4.84. The maximum Gasteiger partial charge on any atom is 0.282 e. The maximum atomic E-state index is 13.3. The number of methoxy groups -OCH3 is 2. The third-order valence-corrected chi connectivity index (χ3v) is 4.84. The molecule has 4 rings (SSSR count). The number of carbonyl (C=O) groups is 2. The first-order chi connectivity index (χ1) is 14.6. The Labute approximate surface area is 174 Å². The largest absolute Gasteiger partial charge is 0.497 e. The molecule has 1 N–H and O–H groups in total. The van der Waals surface area contributed by atoms with Gasteiger partial charge in [-0.3, -0.25) is 9.59 Å². The lowest BCUT2D eigenvalue weighted by Crippen LogP contribution is -2.32. The molecule has 0 spiro atoms. The van der Waals surface area contributed by atoms with Crippen LogP contribution in [0.3, 0.4) is 0 Å². The van der Waals surface area contributed by atoms with Crippen molar-refractivity contribution in [2.45, 2.75) is 0 Å². The molecule has 2 amide bonds. The minimum Gasteiger partial charge on any atom is -0.497 e. The number of carbonyl (C=O) groups excluding carboxylic acids is 2. The fourth-order valence-corrected chi connectivity index (χ4v) is 3.30. The molecule has 0 fully saturated rings. The van der Waals surface area contributed by atoms with Crippen molar-refractivity contribution in [3.63, 3.8) is 0 Å². The molecule has 0 atom stereocenters. The van der Waals surface area contributed by atoms with Crippen LogP contribution in [0.4, 0.5) is 11.4 Å². The summed E-state index contributed by atoms with van der Waals surface area (Å²) in [5.41, 5.74) is 2.35. The summed E-state index contributed by atoms with van der Waals surface area (Å²) in [6, 6.07) is 23.1. The van der Waals surface area contributed by atoms with Crippen LogP contribution in [0.25, 0.3) is 5.57 Å². The van der Waals surface area contributed by atoms with Gasteiger partial charge in [0.05, 0.1) is 25.5 Å². The first-order valence-corrected chi connectivity index (χ1v) is 9.36. The van der Waals surface area contributed by atoms with Gasteiger partial charge in [-0.2, -0.15) is 0 Å². The first-order valence-electron chi connectivity index (χ1n) is 9.36. The molecule has 1 aliphatic heterocycles. The van der Waals surface area contributed by atoms with Crippen molar-refractivity contribution < 1.29 is 19.1 Å². The predicted octanol–water partition coefficient (Wildman–Crippen LogP) is 4.10. The summed E-state index contributed by atoms with van der Waals surface area (Å²) in [6.07, 6.45) is 0. The van der Waals surface area contributed by atoms with Crippen LogP contribution in [0.2, 0.25) is 0 Å². The van der Waals surface area contributed by atoms with E-state index in [0.29, 0.717) is 34.0 Å². The van der Waals surface area contributed by atoms with E-state index in [1.54, 1.807) is 87.0 Å². The van der Waals surface area contributed by atoms with Crippen molar-refractivity contribution in [3.05, 3.63) is 90.1 Å². The van der Waals surface area contributed by atoms with Gasteiger partial charge in [-0.25, -0.2) is 4.90 Å². The van der Waals surface area contributed by atoms with Gasteiger partial charge >= 0.3 is 0 Å². The number of rotatable bonds is 6. The van der Waals surface area contributed by atoms with Gasteiger partial charge in [0.1, 0.15) is 17.2 Å². The summed E-state index contributed by atoms with van der Waals surface area (Å²) in [5, 5.41) is 3.13. The standard InChI is InChI=1S/C24H20N2O4/c1-29-19-12-8-16(9-13-19)21-22(25-17-10-14-20(30-2)15-11-17)24(28)26(23(21)27)18-6-4-3-5-7-18/h3-15,25H,1-2H3. The summed E-state index contributed by atoms with van der Waals surface area (Å²) in [4.78, 5) is 27.8. The fraction of sp³-hybridized carbons (Fsp3) is 0.0833. The molecule has 6 heteroatoms. The fourth-order valence-electron chi connectivity index (χ4n) is 3.30. The Bertz CT molecular complexity index is 1100. The van der Waals surface area contributed by atoms with Crippen LogP contribution in [0.1, 0.15) is 5.56 Å². The number of benzene rings is 3. The van der Waals surface area contributed by atoms with Crippen molar-refractivity contribution in [2.75, 3.05) is 24.4 Å². The molecular weight excluding hydrogens is 380 g/mol. The Balaban J connectivity index is 1.78. The van der Waals surface area contributed by atoms with Crippen molar-refractivity contribution in [1.29, 1.82) is 0 Å². The number of nitrogens with zero attached hydrogens (tertiary/aromatic N) is 1. The maximum absolute atomic E-state index is 13.3. The zero-order valence-corrected chi connectivity index (χ0v) is 16.6. The van der Waals surface area contributed by atoms with Crippen molar-refractivity contribution in [3.8, 4) is 11.5 Å². The number of amides is 2. The lowest BCUT2D eigenvalue weighted by atomic mass is 10.0. The van der Waals surface area contributed by atoms with Gasteiger partial charge in [0, 0.05) is 5.69 Å². The molecule has 0 bridgehead atoms. The highest BCUT2D eigenvalue weighted by Gasteiger charge is 2.40. The second-order valence-electron chi connectivity index (χ2n) is 6.61. The summed E-state index contributed by atoms with van der Waals surface area (Å²) in [7, 11) is 3.16. The predicted molar refractivity (Wildman–Crippen MR) is 115 cm³/mol. The molecule has 6 nitrogen and oxygen atoms in total. The molecule has 0 radical (unpaired) electrons. The number of anilines is 2. The zero-order valence-electron chi connectivity index (χ0n) is 16.6. The van der Waals surface area contributed by atoms with Gasteiger partial charge < -0.3 is 14.8 Å². The lowest BCUT2D eigenvalue weighted by Gasteiger charge is -2.15. The molecule has 0 saturated heterocycles. The molecule has 1 heterocycles. The average molecular weight is 400 g/mol. The number of para-hydroxylation sites is 1. The van der Waals surface area contributed by atoms with Gasteiger partial charge in [-0.15, -0.1) is 0 Å². The van der Waals surface area contributed by atoms with E-state index in [2.05, 4.69) is 5.32 Å². The highest BCUT2D eigenvalue weighted by Crippen LogP contribution is 2.34. The van der Waals surface area contributed by atoms with Crippen LogP contribution < -0.4 is 19.7 Å². The minimum absolute atomic E-state index is 0.221. The van der Waals surface area contributed by atoms with Crippen LogP contribution in [-0.4, -0.2) is 26.0 Å². The van der Waals surface area contributed by atoms with E-state index in [0.717, 1.165) is 0 Å². The number of nitrogens with one attached hydrogen (secondary N) is 1. The number of hydrogen-bond acceptors (Lipinski definition) is 5. The topological polar surface area (TPSA) is 67.9 Å². The quantitative estimate of drug-likeness (QED) is 0.631. The Hall–Kier alpha value is -4.06. The molecule has 0 saturated carbocycles. The van der Waals surface area contributed by atoms with Crippen LogP contribution >= 0.6 is 0 Å². The van der Waals surface area contributed by atoms with Gasteiger partial charge in [0.25, 0.3) is 11.8 Å². The van der Waals surface area contributed by atoms with Crippen molar-refractivity contribution in [1.82, 2.24) is 0 Å². The molecular formula is C24H20N2O4. The van der Waals surface area contributed by atoms with Crippen molar-refractivity contribution in [2.24, 2.45) is 0 Å². The third kappa shape index (κ3) is 3.51. The monoisotopic (exact) mass is 400 g/mol. The van der Waals surface area contributed by atoms with E-state index < -0.39 is 5.91 Å². The van der Waals surface area contributed by atoms with Crippen LogP contribution in [0.15, 0.2) is 84.6 Å². The van der Waals surface area contributed by atoms with Crippen molar-refractivity contribution >= 4 is 28.8 Å². The zero-order chi connectivity index (χ0) is 21.1.